The van der Waals surface area contributed by atoms with E-state index in [1.165, 1.54) is 11.1 Å². The van der Waals surface area contributed by atoms with Crippen molar-refractivity contribution in [3.8, 4) is 5.75 Å². The number of nitrogens with zero attached hydrogens (tertiary/aromatic N) is 3. The number of fused-ring (bicyclic) bond motifs is 1. The van der Waals surface area contributed by atoms with E-state index in [9.17, 15) is 0 Å². The number of aromatic nitrogens is 2. The Morgan fingerprint density at radius 1 is 1.21 bits per heavy atom. The van der Waals surface area contributed by atoms with E-state index in [1.807, 2.05) is 6.92 Å². The molecule has 0 bridgehead atoms. The SMILES string of the molecule is CCOc1ccc2c(c1)CN([C@H](C)c1nnc(CC(C)C)o1)CC2. The zero-order valence-electron chi connectivity index (χ0n) is 15.1. The number of hydrogen-bond donors (Lipinski definition) is 0. The highest BCUT2D eigenvalue weighted by atomic mass is 16.5. The summed E-state index contributed by atoms with van der Waals surface area (Å²) in [6.07, 6.45) is 1.87. The van der Waals surface area contributed by atoms with Gasteiger partial charge in [0.15, 0.2) is 0 Å². The molecule has 0 amide bonds. The maximum absolute atomic E-state index is 5.87. The predicted molar refractivity (Wildman–Crippen MR) is 93.0 cm³/mol. The topological polar surface area (TPSA) is 51.4 Å². The summed E-state index contributed by atoms with van der Waals surface area (Å²) in [5, 5.41) is 8.46. The molecular weight excluding hydrogens is 302 g/mol. The lowest BCUT2D eigenvalue weighted by Gasteiger charge is -2.32. The van der Waals surface area contributed by atoms with Crippen LogP contribution in [0, 0.1) is 5.92 Å². The molecule has 0 unspecified atom stereocenters. The summed E-state index contributed by atoms with van der Waals surface area (Å²) in [6, 6.07) is 6.55. The molecular formula is C19H27N3O2. The van der Waals surface area contributed by atoms with Gasteiger partial charge in [-0.3, -0.25) is 4.90 Å². The molecule has 0 spiro atoms. The highest BCUT2D eigenvalue weighted by Crippen LogP contribution is 2.29. The molecule has 0 saturated heterocycles. The number of benzene rings is 1. The molecule has 24 heavy (non-hydrogen) atoms. The Morgan fingerprint density at radius 3 is 2.79 bits per heavy atom. The lowest BCUT2D eigenvalue weighted by molar-refractivity contribution is 0.164. The molecule has 2 heterocycles. The largest absolute Gasteiger partial charge is 0.494 e. The van der Waals surface area contributed by atoms with Crippen LogP contribution >= 0.6 is 0 Å². The molecule has 2 aromatic rings. The van der Waals surface area contributed by atoms with Gasteiger partial charge in [-0.25, -0.2) is 0 Å². The van der Waals surface area contributed by atoms with Crippen LogP contribution in [0.5, 0.6) is 5.75 Å². The smallest absolute Gasteiger partial charge is 0.233 e. The molecule has 0 saturated carbocycles. The number of hydrogen-bond acceptors (Lipinski definition) is 5. The second-order valence-electron chi connectivity index (χ2n) is 6.89. The molecule has 0 radical (unpaired) electrons. The van der Waals surface area contributed by atoms with Gasteiger partial charge in [-0.2, -0.15) is 0 Å². The summed E-state index contributed by atoms with van der Waals surface area (Å²) in [6.45, 7) is 11.1. The molecule has 5 nitrogen and oxygen atoms in total. The van der Waals surface area contributed by atoms with Crippen LogP contribution in [-0.2, 0) is 19.4 Å². The summed E-state index contributed by atoms with van der Waals surface area (Å²) in [7, 11) is 0. The lowest BCUT2D eigenvalue weighted by Crippen LogP contribution is -2.33. The lowest BCUT2D eigenvalue weighted by atomic mass is 9.98. The molecule has 3 rings (SSSR count). The first-order valence-corrected chi connectivity index (χ1v) is 8.87. The molecule has 0 N–H and O–H groups in total. The first-order chi connectivity index (χ1) is 11.6. The van der Waals surface area contributed by atoms with Gasteiger partial charge in [-0.05, 0) is 49.4 Å². The first kappa shape index (κ1) is 17.0. The number of ether oxygens (including phenoxy) is 1. The molecule has 1 aliphatic rings. The van der Waals surface area contributed by atoms with Gasteiger partial charge in [0.1, 0.15) is 5.75 Å². The highest BCUT2D eigenvalue weighted by molar-refractivity contribution is 5.37. The Kier molecular flexibility index (Phi) is 5.19. The Morgan fingerprint density at radius 2 is 2.04 bits per heavy atom. The minimum Gasteiger partial charge on any atom is -0.494 e. The van der Waals surface area contributed by atoms with E-state index in [0.717, 1.165) is 43.5 Å². The Bertz CT molecular complexity index is 681. The normalized spacial score (nSPS) is 16.2. The monoisotopic (exact) mass is 329 g/mol. The zero-order valence-corrected chi connectivity index (χ0v) is 15.1. The minimum absolute atomic E-state index is 0.127. The van der Waals surface area contributed by atoms with E-state index in [-0.39, 0.29) is 6.04 Å². The van der Waals surface area contributed by atoms with Crippen molar-refractivity contribution in [1.29, 1.82) is 0 Å². The van der Waals surface area contributed by atoms with Crippen LogP contribution in [0.4, 0.5) is 0 Å². The minimum atomic E-state index is 0.127. The highest BCUT2D eigenvalue weighted by Gasteiger charge is 2.25. The van der Waals surface area contributed by atoms with E-state index in [0.29, 0.717) is 12.5 Å². The van der Waals surface area contributed by atoms with Crippen molar-refractivity contribution in [3.05, 3.63) is 41.1 Å². The van der Waals surface area contributed by atoms with Gasteiger partial charge >= 0.3 is 0 Å². The molecule has 0 fully saturated rings. The summed E-state index contributed by atoms with van der Waals surface area (Å²) in [4.78, 5) is 2.39. The van der Waals surface area contributed by atoms with Crippen LogP contribution in [0.2, 0.25) is 0 Å². The fourth-order valence-electron chi connectivity index (χ4n) is 3.17. The van der Waals surface area contributed by atoms with Crippen molar-refractivity contribution in [1.82, 2.24) is 15.1 Å². The maximum Gasteiger partial charge on any atom is 0.233 e. The summed E-state index contributed by atoms with van der Waals surface area (Å²) < 4.78 is 11.5. The standard InChI is InChI=1S/C19H27N3O2/c1-5-23-17-7-6-15-8-9-22(12-16(15)11-17)14(4)19-21-20-18(24-19)10-13(2)3/h6-7,11,13-14H,5,8-10,12H2,1-4H3/t14-/m1/s1. The third kappa shape index (κ3) is 3.78. The van der Waals surface area contributed by atoms with Crippen molar-refractivity contribution in [3.63, 3.8) is 0 Å². The molecule has 1 aliphatic heterocycles. The van der Waals surface area contributed by atoms with Gasteiger partial charge in [-0.15, -0.1) is 10.2 Å². The first-order valence-electron chi connectivity index (χ1n) is 8.87. The van der Waals surface area contributed by atoms with Crippen LogP contribution in [0.15, 0.2) is 22.6 Å². The maximum atomic E-state index is 5.87. The second kappa shape index (κ2) is 7.34. The van der Waals surface area contributed by atoms with E-state index >= 15 is 0 Å². The number of rotatable bonds is 6. The third-order valence-corrected chi connectivity index (χ3v) is 4.50. The third-order valence-electron chi connectivity index (χ3n) is 4.50. The van der Waals surface area contributed by atoms with Gasteiger partial charge in [0.05, 0.1) is 12.6 Å². The average molecular weight is 329 g/mol. The average Bonchev–Trinajstić information content (AvgIpc) is 3.01. The molecule has 1 aromatic heterocycles. The molecule has 5 heteroatoms. The van der Waals surface area contributed by atoms with Crippen molar-refractivity contribution >= 4 is 0 Å². The van der Waals surface area contributed by atoms with Crippen LogP contribution in [0.25, 0.3) is 0 Å². The van der Waals surface area contributed by atoms with Crippen molar-refractivity contribution < 1.29 is 9.15 Å². The summed E-state index contributed by atoms with van der Waals surface area (Å²) in [5.74, 6) is 2.92. The Balaban J connectivity index is 1.71. The van der Waals surface area contributed by atoms with E-state index < -0.39 is 0 Å². The van der Waals surface area contributed by atoms with Gasteiger partial charge in [-0.1, -0.05) is 19.9 Å². The van der Waals surface area contributed by atoms with E-state index in [4.69, 9.17) is 9.15 Å². The Hall–Kier alpha value is -1.88. The van der Waals surface area contributed by atoms with Crippen LogP contribution in [0.1, 0.15) is 56.6 Å². The Labute approximate surface area is 144 Å². The van der Waals surface area contributed by atoms with Crippen molar-refractivity contribution in [2.45, 2.75) is 53.1 Å². The van der Waals surface area contributed by atoms with Gasteiger partial charge in [0.25, 0.3) is 0 Å². The van der Waals surface area contributed by atoms with Gasteiger partial charge in [0, 0.05) is 19.5 Å². The molecule has 0 aliphatic carbocycles. The second-order valence-corrected chi connectivity index (χ2v) is 6.89. The van der Waals surface area contributed by atoms with Crippen molar-refractivity contribution in [2.24, 2.45) is 5.92 Å². The fourth-order valence-corrected chi connectivity index (χ4v) is 3.17. The quantitative estimate of drug-likeness (QED) is 0.807. The zero-order chi connectivity index (χ0) is 17.1. The van der Waals surface area contributed by atoms with Crippen LogP contribution in [0.3, 0.4) is 0 Å². The van der Waals surface area contributed by atoms with Crippen LogP contribution < -0.4 is 4.74 Å². The fraction of sp³-hybridized carbons (Fsp3) is 0.579. The van der Waals surface area contributed by atoms with E-state index in [2.05, 4.69) is 54.1 Å². The van der Waals surface area contributed by atoms with E-state index in [1.54, 1.807) is 0 Å². The molecule has 1 aromatic carbocycles. The summed E-state index contributed by atoms with van der Waals surface area (Å²) >= 11 is 0. The van der Waals surface area contributed by atoms with Gasteiger partial charge in [0.2, 0.25) is 11.8 Å². The molecule has 1 atom stereocenters. The molecule has 130 valence electrons. The summed E-state index contributed by atoms with van der Waals surface area (Å²) in [5.41, 5.74) is 2.74. The predicted octanol–water partition coefficient (Wildman–Crippen LogP) is 3.79. The van der Waals surface area contributed by atoms with Crippen molar-refractivity contribution in [2.75, 3.05) is 13.2 Å². The van der Waals surface area contributed by atoms with Crippen LogP contribution in [-0.4, -0.2) is 28.2 Å². The van der Waals surface area contributed by atoms with Gasteiger partial charge < -0.3 is 9.15 Å².